The summed E-state index contributed by atoms with van der Waals surface area (Å²) in [6.45, 7) is -0.343. The molecule has 0 unspecified atom stereocenters. The average molecular weight is 583 g/mol. The van der Waals surface area contributed by atoms with Crippen LogP contribution in [0.3, 0.4) is 0 Å². The molecule has 1 aliphatic rings. The van der Waals surface area contributed by atoms with Crippen molar-refractivity contribution >= 4 is 49.8 Å². The summed E-state index contributed by atoms with van der Waals surface area (Å²) in [5.41, 5.74) is 0.326. The van der Waals surface area contributed by atoms with E-state index in [1.807, 2.05) is 0 Å². The van der Waals surface area contributed by atoms with Gasteiger partial charge in [-0.2, -0.15) is 0 Å². The molecule has 3 aromatic carbocycles. The van der Waals surface area contributed by atoms with Gasteiger partial charge in [-0.3, -0.25) is 9.59 Å². The van der Waals surface area contributed by atoms with Crippen molar-refractivity contribution in [3.63, 3.8) is 0 Å². The summed E-state index contributed by atoms with van der Waals surface area (Å²) in [6.07, 6.45) is 4.87. The van der Waals surface area contributed by atoms with Crippen molar-refractivity contribution in [1.82, 2.24) is 9.29 Å². The molecule has 1 N–H and O–H groups in total. The molecule has 1 aliphatic carbocycles. The molecule has 0 spiro atoms. The molecule has 1 heterocycles. The van der Waals surface area contributed by atoms with E-state index in [0.717, 1.165) is 18.2 Å². The fourth-order valence-electron chi connectivity index (χ4n) is 4.58. The van der Waals surface area contributed by atoms with E-state index in [0.29, 0.717) is 21.7 Å². The Kier molecular flexibility index (Phi) is 7.31. The first kappa shape index (κ1) is 27.3. The van der Waals surface area contributed by atoms with Crippen LogP contribution in [0.25, 0.3) is 16.5 Å². The standard InChI is InChI=1S/C29H21ClF2N2O5S/c1-39-20-8-10-21(11-9-20)40(37,38)33-29(36)28-27(22-4-2-3-5-26(22)35)23-15-18(30)6-13-25(23)34(28)16-17-14-19(31)7-12-24(17)32/h2-4,6-15H,5,16H2,1H3,(H,33,36). The van der Waals surface area contributed by atoms with Gasteiger partial charge in [-0.25, -0.2) is 21.9 Å². The van der Waals surface area contributed by atoms with Crippen molar-refractivity contribution in [3.05, 3.63) is 112 Å². The van der Waals surface area contributed by atoms with E-state index in [9.17, 15) is 26.8 Å². The normalized spacial score (nSPS) is 13.4. The molecule has 5 rings (SSSR count). The minimum absolute atomic E-state index is 0.0583. The summed E-state index contributed by atoms with van der Waals surface area (Å²) in [6, 6.07) is 12.9. The maximum atomic E-state index is 14.7. The number of carbonyl (C=O) groups is 2. The molecule has 7 nitrogen and oxygen atoms in total. The number of hydrogen-bond donors (Lipinski definition) is 1. The van der Waals surface area contributed by atoms with Gasteiger partial charge in [-0.05, 0) is 60.7 Å². The number of ketones is 1. The number of fused-ring (bicyclic) bond motifs is 1. The van der Waals surface area contributed by atoms with Crippen molar-refractivity contribution < 1.29 is 31.5 Å². The zero-order valence-electron chi connectivity index (χ0n) is 21.0. The molecule has 40 heavy (non-hydrogen) atoms. The van der Waals surface area contributed by atoms with Gasteiger partial charge in [0.1, 0.15) is 23.1 Å². The van der Waals surface area contributed by atoms with E-state index in [1.165, 1.54) is 48.1 Å². The molecule has 0 saturated heterocycles. The number of ether oxygens (including phenoxy) is 1. The molecule has 11 heteroatoms. The second-order valence-corrected chi connectivity index (χ2v) is 11.1. The molecular weight excluding hydrogens is 562 g/mol. The molecule has 0 aliphatic heterocycles. The van der Waals surface area contributed by atoms with Crippen LogP contribution < -0.4 is 9.46 Å². The second kappa shape index (κ2) is 10.7. The number of Topliss-reactive ketones (excluding diaryl/α,β-unsaturated/α-hetero) is 1. The highest BCUT2D eigenvalue weighted by molar-refractivity contribution is 7.90. The van der Waals surface area contributed by atoms with Crippen molar-refractivity contribution in [2.45, 2.75) is 17.9 Å². The van der Waals surface area contributed by atoms with Gasteiger partial charge in [0.05, 0.1) is 18.6 Å². The first-order chi connectivity index (χ1) is 19.1. The number of aromatic nitrogens is 1. The number of carbonyl (C=O) groups excluding carboxylic acids is 2. The van der Waals surface area contributed by atoms with Gasteiger partial charge in [0.2, 0.25) is 0 Å². The van der Waals surface area contributed by atoms with Crippen LogP contribution in [-0.4, -0.2) is 31.8 Å². The Morgan fingerprint density at radius 2 is 1.82 bits per heavy atom. The third kappa shape index (κ3) is 5.15. The lowest BCUT2D eigenvalue weighted by molar-refractivity contribution is -0.113. The predicted molar refractivity (Wildman–Crippen MR) is 147 cm³/mol. The molecule has 4 aromatic rings. The predicted octanol–water partition coefficient (Wildman–Crippen LogP) is 5.66. The lowest BCUT2D eigenvalue weighted by Crippen LogP contribution is -2.33. The van der Waals surface area contributed by atoms with E-state index in [-0.39, 0.29) is 46.0 Å². The van der Waals surface area contributed by atoms with Crippen LogP contribution >= 0.6 is 11.6 Å². The molecule has 0 bridgehead atoms. The van der Waals surface area contributed by atoms with Crippen LogP contribution in [0.15, 0.2) is 83.8 Å². The number of nitrogens with zero attached hydrogens (tertiary/aromatic N) is 1. The average Bonchev–Trinajstić information content (AvgIpc) is 3.23. The van der Waals surface area contributed by atoms with Gasteiger partial charge in [0.15, 0.2) is 5.78 Å². The summed E-state index contributed by atoms with van der Waals surface area (Å²) in [4.78, 5) is 26.6. The summed E-state index contributed by atoms with van der Waals surface area (Å²) < 4.78 is 63.7. The van der Waals surface area contributed by atoms with Gasteiger partial charge in [-0.1, -0.05) is 29.8 Å². The highest BCUT2D eigenvalue weighted by atomic mass is 35.5. The van der Waals surface area contributed by atoms with Gasteiger partial charge < -0.3 is 9.30 Å². The quantitative estimate of drug-likeness (QED) is 0.303. The zero-order chi connectivity index (χ0) is 28.6. The van der Waals surface area contributed by atoms with Crippen molar-refractivity contribution in [2.75, 3.05) is 7.11 Å². The fourth-order valence-corrected chi connectivity index (χ4v) is 5.71. The Morgan fingerprint density at radius 1 is 1.07 bits per heavy atom. The number of sulfonamides is 1. The Bertz CT molecular complexity index is 1840. The third-order valence-electron chi connectivity index (χ3n) is 6.45. The number of hydrogen-bond acceptors (Lipinski definition) is 5. The lowest BCUT2D eigenvalue weighted by Gasteiger charge is -2.15. The largest absolute Gasteiger partial charge is 0.497 e. The Balaban J connectivity index is 1.73. The number of benzene rings is 3. The highest BCUT2D eigenvalue weighted by Gasteiger charge is 2.31. The van der Waals surface area contributed by atoms with Crippen LogP contribution in [0.5, 0.6) is 5.75 Å². The minimum Gasteiger partial charge on any atom is -0.497 e. The first-order valence-electron chi connectivity index (χ1n) is 12.0. The smallest absolute Gasteiger partial charge is 0.282 e. The molecule has 0 radical (unpaired) electrons. The monoisotopic (exact) mass is 582 g/mol. The van der Waals surface area contributed by atoms with Crippen LogP contribution in [0, 0.1) is 11.6 Å². The van der Waals surface area contributed by atoms with Crippen molar-refractivity contribution in [2.24, 2.45) is 0 Å². The third-order valence-corrected chi connectivity index (χ3v) is 8.03. The molecule has 204 valence electrons. The Hall–Kier alpha value is -4.28. The summed E-state index contributed by atoms with van der Waals surface area (Å²) in [7, 11) is -2.96. The van der Waals surface area contributed by atoms with Crippen LogP contribution in [0.4, 0.5) is 8.78 Å². The fraction of sp³-hybridized carbons (Fsp3) is 0.103. The molecule has 0 atom stereocenters. The SMILES string of the molecule is COc1ccc(S(=O)(=O)NC(=O)c2c(C3=CC=CCC3=O)c3cc(Cl)ccc3n2Cc2cc(F)ccc2F)cc1. The van der Waals surface area contributed by atoms with Crippen LogP contribution in [-0.2, 0) is 21.4 Å². The Morgan fingerprint density at radius 3 is 2.52 bits per heavy atom. The van der Waals surface area contributed by atoms with Gasteiger partial charge in [0, 0.05) is 39.0 Å². The number of rotatable bonds is 7. The molecular formula is C29H21ClF2N2O5S. The van der Waals surface area contributed by atoms with E-state index >= 15 is 0 Å². The van der Waals surface area contributed by atoms with E-state index < -0.39 is 27.6 Å². The number of halogens is 3. The van der Waals surface area contributed by atoms with Crippen LogP contribution in [0.1, 0.15) is 28.0 Å². The number of methoxy groups -OCH3 is 1. The highest BCUT2D eigenvalue weighted by Crippen LogP contribution is 2.36. The summed E-state index contributed by atoms with van der Waals surface area (Å²) in [5.74, 6) is -2.40. The van der Waals surface area contributed by atoms with Crippen molar-refractivity contribution in [3.8, 4) is 5.75 Å². The van der Waals surface area contributed by atoms with E-state index in [2.05, 4.69) is 4.72 Å². The summed E-state index contributed by atoms with van der Waals surface area (Å²) in [5, 5.41) is 0.659. The van der Waals surface area contributed by atoms with Gasteiger partial charge in [0.25, 0.3) is 15.9 Å². The topological polar surface area (TPSA) is 94.5 Å². The van der Waals surface area contributed by atoms with Gasteiger partial charge >= 0.3 is 0 Å². The number of amides is 1. The van der Waals surface area contributed by atoms with Crippen LogP contribution in [0.2, 0.25) is 5.02 Å². The summed E-state index contributed by atoms with van der Waals surface area (Å²) >= 11 is 6.28. The van der Waals surface area contributed by atoms with Gasteiger partial charge in [-0.15, -0.1) is 0 Å². The first-order valence-corrected chi connectivity index (χ1v) is 13.8. The van der Waals surface area contributed by atoms with Crippen molar-refractivity contribution in [1.29, 1.82) is 0 Å². The Labute approximate surface area is 233 Å². The molecule has 0 saturated carbocycles. The number of allylic oxidation sites excluding steroid dienone is 4. The molecule has 1 amide bonds. The molecule has 1 aromatic heterocycles. The maximum Gasteiger partial charge on any atom is 0.282 e. The zero-order valence-corrected chi connectivity index (χ0v) is 22.5. The minimum atomic E-state index is -4.39. The maximum absolute atomic E-state index is 14.7. The molecule has 0 fully saturated rings. The lowest BCUT2D eigenvalue weighted by atomic mass is 9.93. The van der Waals surface area contributed by atoms with E-state index in [4.69, 9.17) is 16.3 Å². The van der Waals surface area contributed by atoms with E-state index in [1.54, 1.807) is 24.3 Å². The number of nitrogens with one attached hydrogen (secondary N) is 1. The second-order valence-electron chi connectivity index (χ2n) is 8.95.